The molecule has 184 valence electrons. The van der Waals surface area contributed by atoms with E-state index in [0.29, 0.717) is 6.61 Å². The number of likely N-dealkylation sites (tertiary alicyclic amines) is 1. The second kappa shape index (κ2) is 11.6. The van der Waals surface area contributed by atoms with E-state index in [1.54, 1.807) is 12.1 Å². The first kappa shape index (κ1) is 23.7. The van der Waals surface area contributed by atoms with Crippen molar-refractivity contribution in [2.45, 2.75) is 50.4 Å². The van der Waals surface area contributed by atoms with Crippen LogP contribution in [0, 0.1) is 0 Å². The molecule has 4 heteroatoms. The van der Waals surface area contributed by atoms with Gasteiger partial charge in [0.25, 0.3) is 0 Å². The van der Waals surface area contributed by atoms with Crippen LogP contribution in [0.5, 0.6) is 17.2 Å². The van der Waals surface area contributed by atoms with Crippen molar-refractivity contribution in [3.05, 3.63) is 89.5 Å². The Morgan fingerprint density at radius 3 is 2.40 bits per heavy atom. The fourth-order valence-corrected chi connectivity index (χ4v) is 5.56. The van der Waals surface area contributed by atoms with Crippen molar-refractivity contribution in [3.8, 4) is 17.2 Å². The van der Waals surface area contributed by atoms with Gasteiger partial charge in [0.05, 0.1) is 13.2 Å². The Hall–Kier alpha value is -2.98. The van der Waals surface area contributed by atoms with E-state index in [9.17, 15) is 5.11 Å². The molecule has 2 atom stereocenters. The van der Waals surface area contributed by atoms with Gasteiger partial charge in [-0.05, 0) is 74.6 Å². The van der Waals surface area contributed by atoms with Crippen LogP contribution >= 0.6 is 0 Å². The molecule has 0 unspecified atom stereocenters. The van der Waals surface area contributed by atoms with E-state index in [0.717, 1.165) is 30.1 Å². The van der Waals surface area contributed by atoms with Gasteiger partial charge in [0.1, 0.15) is 17.2 Å². The third kappa shape index (κ3) is 5.99. The predicted molar refractivity (Wildman–Crippen MR) is 141 cm³/mol. The van der Waals surface area contributed by atoms with Gasteiger partial charge in [-0.2, -0.15) is 0 Å². The van der Waals surface area contributed by atoms with Crippen molar-refractivity contribution in [2.24, 2.45) is 0 Å². The zero-order valence-electron chi connectivity index (χ0n) is 20.6. The van der Waals surface area contributed by atoms with E-state index in [2.05, 4.69) is 53.4 Å². The van der Waals surface area contributed by atoms with Crippen LogP contribution in [0.2, 0.25) is 0 Å². The molecule has 1 saturated heterocycles. The number of ether oxygens (including phenoxy) is 2. The third-order valence-corrected chi connectivity index (χ3v) is 7.46. The summed E-state index contributed by atoms with van der Waals surface area (Å²) in [6.45, 7) is 5.22. The maximum atomic E-state index is 9.97. The van der Waals surface area contributed by atoms with Gasteiger partial charge in [-0.3, -0.25) is 0 Å². The second-order valence-corrected chi connectivity index (χ2v) is 9.91. The summed E-state index contributed by atoms with van der Waals surface area (Å²) in [5.74, 6) is 2.31. The van der Waals surface area contributed by atoms with Crippen LogP contribution in [0.4, 0.5) is 0 Å². The maximum absolute atomic E-state index is 9.97. The van der Waals surface area contributed by atoms with Crippen molar-refractivity contribution in [3.63, 3.8) is 0 Å². The Bertz CT molecular complexity index is 1060. The monoisotopic (exact) mass is 471 g/mol. The van der Waals surface area contributed by atoms with Crippen LogP contribution in [0.25, 0.3) is 0 Å². The van der Waals surface area contributed by atoms with Crippen molar-refractivity contribution >= 4 is 0 Å². The maximum Gasteiger partial charge on any atom is 0.126 e. The van der Waals surface area contributed by atoms with Crippen LogP contribution in [0.3, 0.4) is 0 Å². The summed E-state index contributed by atoms with van der Waals surface area (Å²) < 4.78 is 12.1. The molecule has 1 fully saturated rings. The molecule has 0 radical (unpaired) electrons. The van der Waals surface area contributed by atoms with Gasteiger partial charge in [-0.1, -0.05) is 61.4 Å². The van der Waals surface area contributed by atoms with Crippen LogP contribution in [0.1, 0.15) is 67.1 Å². The number of benzene rings is 3. The van der Waals surface area contributed by atoms with Crippen LogP contribution in [-0.4, -0.2) is 42.9 Å². The summed E-state index contributed by atoms with van der Waals surface area (Å²) >= 11 is 0. The second-order valence-electron chi connectivity index (χ2n) is 9.91. The standard InChI is InChI=1S/C31H37NO3/c33-26-14-17-28-30(22-26)35-23-29(24-10-4-3-5-11-24)31(28)25-12-15-27(16-13-25)34-21-9-2-1-6-18-32-19-7-8-20-32/h3-5,10-17,22,29,31,33H,1-2,6-9,18-21,23H2/t29-,31-/m0/s1. The van der Waals surface area contributed by atoms with Gasteiger partial charge in [0, 0.05) is 23.5 Å². The fraction of sp³-hybridized carbons (Fsp3) is 0.419. The molecule has 0 aliphatic carbocycles. The Morgan fingerprint density at radius 1 is 0.829 bits per heavy atom. The fourth-order valence-electron chi connectivity index (χ4n) is 5.56. The summed E-state index contributed by atoms with van der Waals surface area (Å²) in [5, 5.41) is 9.97. The van der Waals surface area contributed by atoms with E-state index in [4.69, 9.17) is 9.47 Å². The number of phenols is 1. The molecule has 3 aromatic rings. The summed E-state index contributed by atoms with van der Waals surface area (Å²) in [6, 6.07) is 24.6. The summed E-state index contributed by atoms with van der Waals surface area (Å²) in [7, 11) is 0. The number of aromatic hydroxyl groups is 1. The molecular weight excluding hydrogens is 434 g/mol. The van der Waals surface area contributed by atoms with Crippen molar-refractivity contribution in [1.82, 2.24) is 4.90 Å². The van der Waals surface area contributed by atoms with Gasteiger partial charge in [0.15, 0.2) is 0 Å². The highest BCUT2D eigenvalue weighted by molar-refractivity contribution is 5.50. The first-order chi connectivity index (χ1) is 17.3. The van der Waals surface area contributed by atoms with Crippen molar-refractivity contribution < 1.29 is 14.6 Å². The number of nitrogens with zero attached hydrogens (tertiary/aromatic N) is 1. The minimum Gasteiger partial charge on any atom is -0.508 e. The molecule has 5 rings (SSSR count). The Balaban J connectivity index is 1.19. The first-order valence-corrected chi connectivity index (χ1v) is 13.2. The Labute approximate surface area is 209 Å². The smallest absolute Gasteiger partial charge is 0.126 e. The minimum absolute atomic E-state index is 0.159. The van der Waals surface area contributed by atoms with Crippen LogP contribution < -0.4 is 9.47 Å². The zero-order valence-corrected chi connectivity index (χ0v) is 20.6. The molecule has 2 aliphatic heterocycles. The molecule has 1 N–H and O–H groups in total. The average Bonchev–Trinajstić information content (AvgIpc) is 3.42. The predicted octanol–water partition coefficient (Wildman–Crippen LogP) is 6.74. The molecule has 0 bridgehead atoms. The lowest BCUT2D eigenvalue weighted by molar-refractivity contribution is 0.247. The molecule has 2 aliphatic rings. The number of unbranched alkanes of at least 4 members (excludes halogenated alkanes) is 3. The van der Waals surface area contributed by atoms with E-state index in [1.807, 2.05) is 12.1 Å². The number of rotatable bonds is 10. The molecule has 0 aromatic heterocycles. The van der Waals surface area contributed by atoms with E-state index in [-0.39, 0.29) is 17.6 Å². The molecule has 4 nitrogen and oxygen atoms in total. The summed E-state index contributed by atoms with van der Waals surface area (Å²) in [6.07, 6.45) is 7.69. The van der Waals surface area contributed by atoms with Crippen molar-refractivity contribution in [1.29, 1.82) is 0 Å². The van der Waals surface area contributed by atoms with Gasteiger partial charge >= 0.3 is 0 Å². The molecule has 3 aromatic carbocycles. The van der Waals surface area contributed by atoms with Gasteiger partial charge in [-0.25, -0.2) is 0 Å². The average molecular weight is 472 g/mol. The molecule has 0 amide bonds. The van der Waals surface area contributed by atoms with E-state index < -0.39 is 0 Å². The SMILES string of the molecule is Oc1ccc2c(c1)OC[C@@H](c1ccccc1)[C@H]2c1ccc(OCCCCCCN2CCCC2)cc1. The highest BCUT2D eigenvalue weighted by atomic mass is 16.5. The highest BCUT2D eigenvalue weighted by Gasteiger charge is 2.33. The lowest BCUT2D eigenvalue weighted by Crippen LogP contribution is -2.25. The Morgan fingerprint density at radius 2 is 1.60 bits per heavy atom. The summed E-state index contributed by atoms with van der Waals surface area (Å²) in [4.78, 5) is 2.60. The molecule has 35 heavy (non-hydrogen) atoms. The quantitative estimate of drug-likeness (QED) is 0.333. The molecule has 2 heterocycles. The topological polar surface area (TPSA) is 41.9 Å². The molecule has 0 spiro atoms. The van der Waals surface area contributed by atoms with E-state index in [1.165, 1.54) is 62.9 Å². The zero-order chi connectivity index (χ0) is 23.9. The lowest BCUT2D eigenvalue weighted by atomic mass is 9.76. The largest absolute Gasteiger partial charge is 0.508 e. The van der Waals surface area contributed by atoms with Gasteiger partial charge in [-0.15, -0.1) is 0 Å². The Kier molecular flexibility index (Phi) is 7.89. The molecule has 0 saturated carbocycles. The number of phenolic OH excluding ortho intramolecular Hbond substituents is 1. The van der Waals surface area contributed by atoms with Gasteiger partial charge in [0.2, 0.25) is 0 Å². The van der Waals surface area contributed by atoms with Crippen molar-refractivity contribution in [2.75, 3.05) is 32.8 Å². The lowest BCUT2D eigenvalue weighted by Gasteiger charge is -2.34. The van der Waals surface area contributed by atoms with Crippen LogP contribution in [-0.2, 0) is 0 Å². The molecular formula is C31H37NO3. The summed E-state index contributed by atoms with van der Waals surface area (Å²) in [5.41, 5.74) is 3.62. The minimum atomic E-state index is 0.159. The number of hydrogen-bond donors (Lipinski definition) is 1. The highest BCUT2D eigenvalue weighted by Crippen LogP contribution is 2.47. The third-order valence-electron chi connectivity index (χ3n) is 7.46. The van der Waals surface area contributed by atoms with E-state index >= 15 is 0 Å². The number of hydrogen-bond acceptors (Lipinski definition) is 4. The van der Waals surface area contributed by atoms with Crippen LogP contribution in [0.15, 0.2) is 72.8 Å². The normalized spacial score (nSPS) is 19.8. The van der Waals surface area contributed by atoms with Gasteiger partial charge < -0.3 is 19.5 Å². The number of fused-ring (bicyclic) bond motifs is 1. The first-order valence-electron chi connectivity index (χ1n) is 13.2.